The Hall–Kier alpha value is -1.49. The Morgan fingerprint density at radius 3 is 3.15 bits per heavy atom. The van der Waals surface area contributed by atoms with Crippen LogP contribution >= 0.6 is 0 Å². The molecule has 2 rings (SSSR count). The van der Waals surface area contributed by atoms with E-state index in [-0.39, 0.29) is 6.54 Å². The van der Waals surface area contributed by atoms with E-state index in [0.717, 1.165) is 0 Å². The van der Waals surface area contributed by atoms with Crippen molar-refractivity contribution >= 4 is 5.65 Å². The zero-order valence-electron chi connectivity index (χ0n) is 6.89. The van der Waals surface area contributed by atoms with Crippen molar-refractivity contribution < 1.29 is 4.39 Å². The molecule has 0 fully saturated rings. The molecule has 0 aliphatic rings. The third kappa shape index (κ3) is 1.27. The molecule has 0 spiro atoms. The van der Waals surface area contributed by atoms with Crippen molar-refractivity contribution in [3.05, 3.63) is 30.5 Å². The van der Waals surface area contributed by atoms with Crippen molar-refractivity contribution in [1.82, 2.24) is 14.4 Å². The topological polar surface area (TPSA) is 56.2 Å². The first-order valence-corrected chi connectivity index (χ1v) is 3.94. The highest BCUT2D eigenvalue weighted by atomic mass is 19.1. The van der Waals surface area contributed by atoms with Gasteiger partial charge in [0.2, 0.25) is 0 Å². The number of nitrogens with two attached hydrogens (primary N) is 1. The number of alkyl halides is 1. The maximum atomic E-state index is 13.2. The van der Waals surface area contributed by atoms with Gasteiger partial charge in [-0.3, -0.25) is 9.38 Å². The molecule has 4 nitrogen and oxygen atoms in total. The molecule has 1 unspecified atom stereocenters. The normalized spacial score (nSPS) is 13.4. The SMILES string of the molecule is NCC(F)c1cnc2cnccn12. The molecule has 0 aliphatic heterocycles. The van der Waals surface area contributed by atoms with Gasteiger partial charge in [-0.25, -0.2) is 9.37 Å². The molecular formula is C8H9FN4. The fraction of sp³-hybridized carbons (Fsp3) is 0.250. The third-order valence-electron chi connectivity index (χ3n) is 1.87. The first-order valence-electron chi connectivity index (χ1n) is 3.94. The number of aromatic nitrogens is 3. The molecular weight excluding hydrogens is 171 g/mol. The van der Waals surface area contributed by atoms with Gasteiger partial charge in [0, 0.05) is 18.9 Å². The van der Waals surface area contributed by atoms with Crippen LogP contribution in [0.4, 0.5) is 4.39 Å². The Morgan fingerprint density at radius 1 is 1.54 bits per heavy atom. The van der Waals surface area contributed by atoms with E-state index in [9.17, 15) is 4.39 Å². The molecule has 0 saturated heterocycles. The molecule has 0 amide bonds. The molecule has 5 heteroatoms. The standard InChI is InChI=1S/C8H9FN4/c9-6(3-10)7-4-12-8-5-11-1-2-13(7)8/h1-2,4-6H,3,10H2. The van der Waals surface area contributed by atoms with E-state index in [4.69, 9.17) is 5.73 Å². The molecule has 13 heavy (non-hydrogen) atoms. The van der Waals surface area contributed by atoms with Crippen LogP contribution in [0.5, 0.6) is 0 Å². The molecule has 2 N–H and O–H groups in total. The van der Waals surface area contributed by atoms with Crippen LogP contribution in [0.3, 0.4) is 0 Å². The first-order chi connectivity index (χ1) is 6.33. The molecule has 2 aromatic heterocycles. The van der Waals surface area contributed by atoms with Crippen molar-refractivity contribution in [2.45, 2.75) is 6.17 Å². The lowest BCUT2D eigenvalue weighted by atomic mass is 10.3. The van der Waals surface area contributed by atoms with Crippen molar-refractivity contribution in [3.63, 3.8) is 0 Å². The Morgan fingerprint density at radius 2 is 2.38 bits per heavy atom. The van der Waals surface area contributed by atoms with E-state index in [1.807, 2.05) is 0 Å². The summed E-state index contributed by atoms with van der Waals surface area (Å²) < 4.78 is 14.9. The van der Waals surface area contributed by atoms with Crippen LogP contribution in [-0.4, -0.2) is 20.9 Å². The van der Waals surface area contributed by atoms with Gasteiger partial charge in [0.15, 0.2) is 11.8 Å². The summed E-state index contributed by atoms with van der Waals surface area (Å²) in [5.41, 5.74) is 6.33. The smallest absolute Gasteiger partial charge is 0.155 e. The van der Waals surface area contributed by atoms with Crippen LogP contribution in [0.15, 0.2) is 24.8 Å². The van der Waals surface area contributed by atoms with E-state index in [1.54, 1.807) is 23.0 Å². The molecule has 0 radical (unpaired) electrons. The maximum absolute atomic E-state index is 13.2. The van der Waals surface area contributed by atoms with Crippen molar-refractivity contribution in [1.29, 1.82) is 0 Å². The zero-order valence-corrected chi connectivity index (χ0v) is 6.89. The van der Waals surface area contributed by atoms with Crippen LogP contribution in [-0.2, 0) is 0 Å². The third-order valence-corrected chi connectivity index (χ3v) is 1.87. The minimum Gasteiger partial charge on any atom is -0.327 e. The lowest BCUT2D eigenvalue weighted by Gasteiger charge is -2.03. The Bertz CT molecular complexity index is 411. The van der Waals surface area contributed by atoms with Gasteiger partial charge in [0.25, 0.3) is 0 Å². The summed E-state index contributed by atoms with van der Waals surface area (Å²) in [4.78, 5) is 7.87. The highest BCUT2D eigenvalue weighted by Crippen LogP contribution is 2.16. The van der Waals surface area contributed by atoms with Crippen LogP contribution < -0.4 is 5.73 Å². The van der Waals surface area contributed by atoms with Crippen LogP contribution in [0.25, 0.3) is 5.65 Å². The predicted octanol–water partition coefficient (Wildman–Crippen LogP) is 0.699. The van der Waals surface area contributed by atoms with Crippen molar-refractivity contribution in [2.75, 3.05) is 6.54 Å². The molecule has 0 bridgehead atoms. The highest BCUT2D eigenvalue weighted by Gasteiger charge is 2.12. The van der Waals surface area contributed by atoms with Crippen LogP contribution in [0, 0.1) is 0 Å². The molecule has 2 heterocycles. The summed E-state index contributed by atoms with van der Waals surface area (Å²) in [5, 5.41) is 0. The van der Waals surface area contributed by atoms with Gasteiger partial charge in [-0.15, -0.1) is 0 Å². The molecule has 0 aromatic carbocycles. The van der Waals surface area contributed by atoms with E-state index in [0.29, 0.717) is 11.3 Å². The summed E-state index contributed by atoms with van der Waals surface area (Å²) in [5.74, 6) is 0. The number of halogens is 1. The van der Waals surface area contributed by atoms with Gasteiger partial charge >= 0.3 is 0 Å². The Labute approximate surface area is 74.2 Å². The lowest BCUT2D eigenvalue weighted by Crippen LogP contribution is -2.09. The number of imidazole rings is 1. The fourth-order valence-electron chi connectivity index (χ4n) is 1.21. The molecule has 0 aliphatic carbocycles. The van der Waals surface area contributed by atoms with Gasteiger partial charge < -0.3 is 5.73 Å². The van der Waals surface area contributed by atoms with E-state index in [1.165, 1.54) is 6.20 Å². The zero-order chi connectivity index (χ0) is 9.26. The fourth-order valence-corrected chi connectivity index (χ4v) is 1.21. The van der Waals surface area contributed by atoms with Crippen molar-refractivity contribution in [3.8, 4) is 0 Å². The molecule has 0 saturated carbocycles. The number of hydrogen-bond acceptors (Lipinski definition) is 3. The minimum absolute atomic E-state index is 0.0316. The summed E-state index contributed by atoms with van der Waals surface area (Å²) in [6.07, 6.45) is 5.14. The first kappa shape index (κ1) is 8.12. The Balaban J connectivity index is 2.57. The average molecular weight is 180 g/mol. The second kappa shape index (κ2) is 3.10. The van der Waals surface area contributed by atoms with Gasteiger partial charge in [-0.1, -0.05) is 0 Å². The number of nitrogens with zero attached hydrogens (tertiary/aromatic N) is 3. The highest BCUT2D eigenvalue weighted by molar-refractivity contribution is 5.37. The summed E-state index contributed by atoms with van der Waals surface area (Å²) in [6, 6.07) is 0. The molecule has 68 valence electrons. The monoisotopic (exact) mass is 180 g/mol. The summed E-state index contributed by atoms with van der Waals surface area (Å²) in [6.45, 7) is -0.0316. The largest absolute Gasteiger partial charge is 0.327 e. The van der Waals surface area contributed by atoms with Gasteiger partial charge in [0.1, 0.15) is 0 Å². The van der Waals surface area contributed by atoms with E-state index in [2.05, 4.69) is 9.97 Å². The number of hydrogen-bond donors (Lipinski definition) is 1. The minimum atomic E-state index is -1.17. The van der Waals surface area contributed by atoms with Crippen LogP contribution in [0.1, 0.15) is 11.9 Å². The van der Waals surface area contributed by atoms with Gasteiger partial charge in [-0.05, 0) is 0 Å². The lowest BCUT2D eigenvalue weighted by molar-refractivity contribution is 0.343. The predicted molar refractivity (Wildman–Crippen MR) is 45.9 cm³/mol. The molecule has 2 aromatic rings. The van der Waals surface area contributed by atoms with Crippen molar-refractivity contribution in [2.24, 2.45) is 5.73 Å². The quantitative estimate of drug-likeness (QED) is 0.740. The number of rotatable bonds is 2. The molecule has 1 atom stereocenters. The maximum Gasteiger partial charge on any atom is 0.155 e. The summed E-state index contributed by atoms with van der Waals surface area (Å²) in [7, 11) is 0. The average Bonchev–Trinajstić information content (AvgIpc) is 2.60. The van der Waals surface area contributed by atoms with E-state index < -0.39 is 6.17 Å². The summed E-state index contributed by atoms with van der Waals surface area (Å²) >= 11 is 0. The second-order valence-electron chi connectivity index (χ2n) is 2.69. The van der Waals surface area contributed by atoms with Gasteiger partial charge in [0.05, 0.1) is 18.1 Å². The van der Waals surface area contributed by atoms with E-state index >= 15 is 0 Å². The second-order valence-corrected chi connectivity index (χ2v) is 2.69. The number of fused-ring (bicyclic) bond motifs is 1. The van der Waals surface area contributed by atoms with Crippen LogP contribution in [0.2, 0.25) is 0 Å². The Kier molecular flexibility index (Phi) is 1.94. The van der Waals surface area contributed by atoms with Gasteiger partial charge in [-0.2, -0.15) is 0 Å².